The number of hydrogen-bond donors (Lipinski definition) is 0. The summed E-state index contributed by atoms with van der Waals surface area (Å²) in [7, 11) is 0. The first kappa shape index (κ1) is 12.0. The van der Waals surface area contributed by atoms with Crippen LogP contribution < -0.4 is 4.74 Å². The number of aryl methyl sites for hydroxylation is 1. The maximum absolute atomic E-state index is 5.73. The highest BCUT2D eigenvalue weighted by Crippen LogP contribution is 2.24. The van der Waals surface area contributed by atoms with Crippen LogP contribution in [0.3, 0.4) is 0 Å². The van der Waals surface area contributed by atoms with E-state index in [0.717, 1.165) is 21.9 Å². The Kier molecular flexibility index (Phi) is 3.33. The molecule has 0 saturated carbocycles. The largest absolute Gasteiger partial charge is 0.487 e. The zero-order valence-corrected chi connectivity index (χ0v) is 11.3. The van der Waals surface area contributed by atoms with Gasteiger partial charge in [0.2, 0.25) is 5.89 Å². The summed E-state index contributed by atoms with van der Waals surface area (Å²) in [6.45, 7) is 2.44. The monoisotopic (exact) mass is 271 g/mol. The van der Waals surface area contributed by atoms with Crippen LogP contribution in [-0.4, -0.2) is 4.98 Å². The molecular formula is C15H13NO2S. The molecule has 0 N–H and O–H groups in total. The predicted molar refractivity (Wildman–Crippen MR) is 75.3 cm³/mol. The average Bonchev–Trinajstić information content (AvgIpc) is 3.09. The highest BCUT2D eigenvalue weighted by molar-refractivity contribution is 7.13. The number of ether oxygens (including phenoxy) is 1. The number of para-hydroxylation sites is 1. The van der Waals surface area contributed by atoms with Crippen LogP contribution in [0.2, 0.25) is 0 Å². The van der Waals surface area contributed by atoms with Crippen molar-refractivity contribution in [2.24, 2.45) is 0 Å². The Labute approximate surface area is 115 Å². The van der Waals surface area contributed by atoms with Crippen molar-refractivity contribution in [1.82, 2.24) is 4.98 Å². The molecule has 0 aliphatic heterocycles. The Morgan fingerprint density at radius 2 is 2.11 bits per heavy atom. The van der Waals surface area contributed by atoms with Crippen molar-refractivity contribution in [3.05, 3.63) is 59.3 Å². The molecule has 0 unspecified atom stereocenters. The quantitative estimate of drug-likeness (QED) is 0.710. The number of nitrogens with zero attached hydrogens (tertiary/aromatic N) is 1. The maximum Gasteiger partial charge on any atom is 0.236 e. The van der Waals surface area contributed by atoms with Crippen molar-refractivity contribution in [2.75, 3.05) is 0 Å². The molecule has 3 nitrogen and oxygen atoms in total. The van der Waals surface area contributed by atoms with Crippen LogP contribution in [0.5, 0.6) is 5.75 Å². The van der Waals surface area contributed by atoms with E-state index in [9.17, 15) is 0 Å². The standard InChI is InChI=1S/C15H13NO2S/c1-11-5-2-3-6-13(11)17-9-12-10-18-15(16-12)14-7-4-8-19-14/h2-8,10H,9H2,1H3. The maximum atomic E-state index is 5.73. The minimum Gasteiger partial charge on any atom is -0.487 e. The smallest absolute Gasteiger partial charge is 0.236 e. The third-order valence-electron chi connectivity index (χ3n) is 2.75. The van der Waals surface area contributed by atoms with Crippen LogP contribution in [0.15, 0.2) is 52.5 Å². The van der Waals surface area contributed by atoms with Crippen molar-refractivity contribution in [3.8, 4) is 16.5 Å². The number of aromatic nitrogens is 1. The molecule has 3 rings (SSSR count). The molecule has 1 aromatic carbocycles. The lowest BCUT2D eigenvalue weighted by Crippen LogP contribution is -1.97. The molecule has 0 saturated heterocycles. The molecule has 3 aromatic rings. The van der Waals surface area contributed by atoms with E-state index in [4.69, 9.17) is 9.15 Å². The molecule has 0 bridgehead atoms. The van der Waals surface area contributed by atoms with Crippen LogP contribution in [0, 0.1) is 6.92 Å². The fourth-order valence-electron chi connectivity index (χ4n) is 1.76. The van der Waals surface area contributed by atoms with E-state index in [1.54, 1.807) is 17.6 Å². The number of oxazole rings is 1. The van der Waals surface area contributed by atoms with E-state index in [1.807, 2.05) is 48.7 Å². The van der Waals surface area contributed by atoms with E-state index in [2.05, 4.69) is 4.98 Å². The molecule has 4 heteroatoms. The molecule has 96 valence electrons. The normalized spacial score (nSPS) is 10.6. The number of hydrogen-bond acceptors (Lipinski definition) is 4. The van der Waals surface area contributed by atoms with Crippen molar-refractivity contribution in [2.45, 2.75) is 13.5 Å². The number of thiophene rings is 1. The summed E-state index contributed by atoms with van der Waals surface area (Å²) < 4.78 is 11.2. The van der Waals surface area contributed by atoms with Gasteiger partial charge in [0.05, 0.1) is 4.88 Å². The molecule has 0 aliphatic carbocycles. The third-order valence-corrected chi connectivity index (χ3v) is 3.61. The topological polar surface area (TPSA) is 35.3 Å². The van der Waals surface area contributed by atoms with Crippen molar-refractivity contribution in [3.63, 3.8) is 0 Å². The van der Waals surface area contributed by atoms with Gasteiger partial charge in [-0.15, -0.1) is 11.3 Å². The Morgan fingerprint density at radius 3 is 2.89 bits per heavy atom. The van der Waals surface area contributed by atoms with E-state index in [-0.39, 0.29) is 0 Å². The van der Waals surface area contributed by atoms with Crippen molar-refractivity contribution < 1.29 is 9.15 Å². The Balaban J connectivity index is 1.70. The second-order valence-electron chi connectivity index (χ2n) is 4.18. The van der Waals surface area contributed by atoms with Crippen LogP contribution in [0.4, 0.5) is 0 Å². The number of rotatable bonds is 4. The van der Waals surface area contributed by atoms with E-state index in [1.165, 1.54) is 0 Å². The van der Waals surface area contributed by atoms with Gasteiger partial charge >= 0.3 is 0 Å². The lowest BCUT2D eigenvalue weighted by atomic mass is 10.2. The zero-order valence-electron chi connectivity index (χ0n) is 10.5. The average molecular weight is 271 g/mol. The third kappa shape index (κ3) is 2.69. The number of benzene rings is 1. The van der Waals surface area contributed by atoms with E-state index < -0.39 is 0 Å². The van der Waals surface area contributed by atoms with Gasteiger partial charge in [-0.25, -0.2) is 4.98 Å². The molecule has 2 heterocycles. The van der Waals surface area contributed by atoms with Gasteiger partial charge in [0, 0.05) is 0 Å². The van der Waals surface area contributed by atoms with Crippen LogP contribution in [0.1, 0.15) is 11.3 Å². The summed E-state index contributed by atoms with van der Waals surface area (Å²) in [5.41, 5.74) is 1.91. The molecular weight excluding hydrogens is 258 g/mol. The van der Waals surface area contributed by atoms with Crippen molar-refractivity contribution >= 4 is 11.3 Å². The molecule has 0 aliphatic rings. The minimum atomic E-state index is 0.416. The molecule has 0 amide bonds. The zero-order chi connectivity index (χ0) is 13.1. The molecule has 19 heavy (non-hydrogen) atoms. The van der Waals surface area contributed by atoms with Gasteiger partial charge in [0.15, 0.2) is 0 Å². The van der Waals surface area contributed by atoms with Gasteiger partial charge < -0.3 is 9.15 Å². The Morgan fingerprint density at radius 1 is 1.21 bits per heavy atom. The summed E-state index contributed by atoms with van der Waals surface area (Å²) in [5.74, 6) is 1.53. The van der Waals surface area contributed by atoms with Gasteiger partial charge in [-0.2, -0.15) is 0 Å². The summed E-state index contributed by atoms with van der Waals surface area (Å²) in [5, 5.41) is 2.00. The van der Waals surface area contributed by atoms with Gasteiger partial charge in [-0.05, 0) is 30.0 Å². The first-order valence-corrected chi connectivity index (χ1v) is 6.87. The van der Waals surface area contributed by atoms with E-state index in [0.29, 0.717) is 12.5 Å². The molecule has 2 aromatic heterocycles. The van der Waals surface area contributed by atoms with Crippen LogP contribution >= 0.6 is 11.3 Å². The van der Waals surface area contributed by atoms with Gasteiger partial charge in [0.1, 0.15) is 24.3 Å². The molecule has 0 fully saturated rings. The van der Waals surface area contributed by atoms with Crippen molar-refractivity contribution in [1.29, 1.82) is 0 Å². The van der Waals surface area contributed by atoms with Gasteiger partial charge in [-0.1, -0.05) is 24.3 Å². The Hall–Kier alpha value is -2.07. The summed E-state index contributed by atoms with van der Waals surface area (Å²) in [6.07, 6.45) is 1.65. The second-order valence-corrected chi connectivity index (χ2v) is 5.12. The molecule has 0 atom stereocenters. The fraction of sp³-hybridized carbons (Fsp3) is 0.133. The van der Waals surface area contributed by atoms with Crippen LogP contribution in [0.25, 0.3) is 10.8 Å². The highest BCUT2D eigenvalue weighted by atomic mass is 32.1. The first-order chi connectivity index (χ1) is 9.33. The van der Waals surface area contributed by atoms with Crippen LogP contribution in [-0.2, 0) is 6.61 Å². The summed E-state index contributed by atoms with van der Waals surface area (Å²) in [6, 6.07) is 11.9. The van der Waals surface area contributed by atoms with E-state index >= 15 is 0 Å². The Bertz CT molecular complexity index is 658. The fourth-order valence-corrected chi connectivity index (χ4v) is 2.41. The van der Waals surface area contributed by atoms with Gasteiger partial charge in [0.25, 0.3) is 0 Å². The molecule has 0 spiro atoms. The SMILES string of the molecule is Cc1ccccc1OCc1coc(-c2cccs2)n1. The summed E-state index contributed by atoms with van der Waals surface area (Å²) in [4.78, 5) is 5.45. The molecule has 0 radical (unpaired) electrons. The lowest BCUT2D eigenvalue weighted by Gasteiger charge is -2.06. The summed E-state index contributed by atoms with van der Waals surface area (Å²) >= 11 is 1.61. The predicted octanol–water partition coefficient (Wildman–Crippen LogP) is 4.29. The highest BCUT2D eigenvalue weighted by Gasteiger charge is 2.08. The lowest BCUT2D eigenvalue weighted by molar-refractivity contribution is 0.299. The second kappa shape index (κ2) is 5.28. The minimum absolute atomic E-state index is 0.416. The first-order valence-electron chi connectivity index (χ1n) is 5.99. The van der Waals surface area contributed by atoms with Gasteiger partial charge in [-0.3, -0.25) is 0 Å².